The van der Waals surface area contributed by atoms with E-state index in [-0.39, 0.29) is 12.1 Å². The summed E-state index contributed by atoms with van der Waals surface area (Å²) in [6, 6.07) is 3.64. The summed E-state index contributed by atoms with van der Waals surface area (Å²) in [6.07, 6.45) is 5.82. The normalized spacial score (nSPS) is 29.1. The molecule has 0 radical (unpaired) electrons. The predicted molar refractivity (Wildman–Crippen MR) is 73.0 cm³/mol. The molecule has 20 heavy (non-hydrogen) atoms. The Kier molecular flexibility index (Phi) is 3.85. The number of hydrogen-bond acceptors (Lipinski definition) is 2. The summed E-state index contributed by atoms with van der Waals surface area (Å²) >= 11 is 0. The van der Waals surface area contributed by atoms with Gasteiger partial charge in [-0.1, -0.05) is 18.2 Å². The van der Waals surface area contributed by atoms with E-state index in [0.29, 0.717) is 17.8 Å². The molecule has 2 aliphatic carbocycles. The lowest BCUT2D eigenvalue weighted by Gasteiger charge is -2.20. The second kappa shape index (κ2) is 5.62. The quantitative estimate of drug-likeness (QED) is 0.812. The van der Waals surface area contributed by atoms with Crippen molar-refractivity contribution in [2.75, 3.05) is 13.1 Å². The van der Waals surface area contributed by atoms with Gasteiger partial charge in [-0.25, -0.2) is 8.78 Å². The maximum Gasteiger partial charge on any atom is 0.131 e. The molecule has 108 valence electrons. The van der Waals surface area contributed by atoms with E-state index in [2.05, 4.69) is 17.5 Å². The molecule has 1 aromatic rings. The highest BCUT2D eigenvalue weighted by atomic mass is 19.1. The van der Waals surface area contributed by atoms with Crippen LogP contribution in [0.15, 0.2) is 30.4 Å². The molecule has 0 heterocycles. The summed E-state index contributed by atoms with van der Waals surface area (Å²) in [5.41, 5.74) is -0.243. The first-order chi connectivity index (χ1) is 9.65. The highest BCUT2D eigenvalue weighted by Gasteiger charge is 2.35. The van der Waals surface area contributed by atoms with Crippen molar-refractivity contribution in [3.05, 3.63) is 47.5 Å². The number of benzene rings is 1. The highest BCUT2D eigenvalue weighted by Crippen LogP contribution is 2.42. The maximum atomic E-state index is 13.5. The molecule has 2 bridgehead atoms. The number of aliphatic hydroxyl groups excluding tert-OH is 1. The SMILES string of the molecule is OC(CNCC1CC2C=CC1C2)c1c(F)cccc1F. The zero-order chi connectivity index (χ0) is 14.1. The number of fused-ring (bicyclic) bond motifs is 2. The molecular weight excluding hydrogens is 260 g/mol. The van der Waals surface area contributed by atoms with Crippen LogP contribution in [0.25, 0.3) is 0 Å². The third-order valence-corrected chi connectivity index (χ3v) is 4.49. The molecule has 0 saturated heterocycles. The van der Waals surface area contributed by atoms with Crippen molar-refractivity contribution in [3.63, 3.8) is 0 Å². The zero-order valence-corrected chi connectivity index (χ0v) is 11.2. The molecule has 0 aliphatic heterocycles. The first-order valence-corrected chi connectivity index (χ1v) is 7.16. The summed E-state index contributed by atoms with van der Waals surface area (Å²) < 4.78 is 27.0. The van der Waals surface area contributed by atoms with E-state index in [4.69, 9.17) is 0 Å². The Hall–Kier alpha value is -1.26. The summed E-state index contributed by atoms with van der Waals surface area (Å²) in [5.74, 6) is 0.544. The van der Waals surface area contributed by atoms with Gasteiger partial charge in [-0.15, -0.1) is 0 Å². The molecule has 4 atom stereocenters. The number of hydrogen-bond donors (Lipinski definition) is 2. The van der Waals surface area contributed by atoms with E-state index in [0.717, 1.165) is 6.54 Å². The standard InChI is InChI=1S/C16H19F2NO/c17-13-2-1-3-14(18)16(13)15(20)9-19-8-12-7-10-4-5-11(12)6-10/h1-5,10-12,15,19-20H,6-9H2. The van der Waals surface area contributed by atoms with Crippen molar-refractivity contribution in [1.29, 1.82) is 0 Å². The van der Waals surface area contributed by atoms with E-state index in [1.807, 2.05) is 0 Å². The van der Waals surface area contributed by atoms with Crippen LogP contribution in [-0.4, -0.2) is 18.2 Å². The topological polar surface area (TPSA) is 32.3 Å². The molecule has 1 saturated carbocycles. The van der Waals surface area contributed by atoms with Crippen LogP contribution in [0.5, 0.6) is 0 Å². The van der Waals surface area contributed by atoms with Crippen LogP contribution in [0.2, 0.25) is 0 Å². The van der Waals surface area contributed by atoms with Crippen LogP contribution < -0.4 is 5.32 Å². The van der Waals surface area contributed by atoms with Crippen LogP contribution in [0, 0.1) is 29.4 Å². The molecule has 2 aliphatic rings. The molecule has 0 spiro atoms. The van der Waals surface area contributed by atoms with Crippen LogP contribution in [0.1, 0.15) is 24.5 Å². The fourth-order valence-electron chi connectivity index (χ4n) is 3.47. The van der Waals surface area contributed by atoms with Crippen molar-refractivity contribution in [3.8, 4) is 0 Å². The fourth-order valence-corrected chi connectivity index (χ4v) is 3.47. The van der Waals surface area contributed by atoms with Gasteiger partial charge in [-0.05, 0) is 49.3 Å². The van der Waals surface area contributed by atoms with E-state index in [1.165, 1.54) is 31.0 Å². The molecule has 2 nitrogen and oxygen atoms in total. The third kappa shape index (κ3) is 2.63. The first kappa shape index (κ1) is 13.7. The Labute approximate surface area is 117 Å². The number of allylic oxidation sites excluding steroid dienone is 2. The van der Waals surface area contributed by atoms with E-state index in [9.17, 15) is 13.9 Å². The molecule has 0 aromatic heterocycles. The summed E-state index contributed by atoms with van der Waals surface area (Å²) in [5, 5.41) is 13.1. The van der Waals surface area contributed by atoms with E-state index < -0.39 is 17.7 Å². The molecule has 1 fully saturated rings. The fraction of sp³-hybridized carbons (Fsp3) is 0.500. The van der Waals surface area contributed by atoms with Gasteiger partial charge < -0.3 is 10.4 Å². The smallest absolute Gasteiger partial charge is 0.131 e. The van der Waals surface area contributed by atoms with Crippen molar-refractivity contribution >= 4 is 0 Å². The summed E-state index contributed by atoms with van der Waals surface area (Å²) in [6.45, 7) is 0.966. The Bertz CT molecular complexity index is 497. The number of rotatable bonds is 5. The molecule has 0 amide bonds. The highest BCUT2D eigenvalue weighted by molar-refractivity contribution is 5.22. The Morgan fingerprint density at radius 2 is 1.95 bits per heavy atom. The van der Waals surface area contributed by atoms with Gasteiger partial charge in [-0.3, -0.25) is 0 Å². The van der Waals surface area contributed by atoms with E-state index in [1.54, 1.807) is 0 Å². The van der Waals surface area contributed by atoms with Gasteiger partial charge in [0.15, 0.2) is 0 Å². The Morgan fingerprint density at radius 1 is 1.20 bits per heavy atom. The largest absolute Gasteiger partial charge is 0.387 e. The number of halogens is 2. The minimum Gasteiger partial charge on any atom is -0.387 e. The average molecular weight is 279 g/mol. The second-order valence-corrected chi connectivity index (χ2v) is 5.85. The second-order valence-electron chi connectivity index (χ2n) is 5.85. The third-order valence-electron chi connectivity index (χ3n) is 4.49. The van der Waals surface area contributed by atoms with Gasteiger partial charge in [0.2, 0.25) is 0 Å². The van der Waals surface area contributed by atoms with Gasteiger partial charge in [0, 0.05) is 6.54 Å². The molecular formula is C16H19F2NO. The number of nitrogens with one attached hydrogen (secondary N) is 1. The van der Waals surface area contributed by atoms with Crippen molar-refractivity contribution in [2.45, 2.75) is 18.9 Å². The van der Waals surface area contributed by atoms with Gasteiger partial charge >= 0.3 is 0 Å². The summed E-state index contributed by atoms with van der Waals surface area (Å²) in [7, 11) is 0. The van der Waals surface area contributed by atoms with Crippen LogP contribution >= 0.6 is 0 Å². The Morgan fingerprint density at radius 3 is 2.55 bits per heavy atom. The van der Waals surface area contributed by atoms with Crippen molar-refractivity contribution in [1.82, 2.24) is 5.32 Å². The molecule has 3 rings (SSSR count). The lowest BCUT2D eigenvalue weighted by molar-refractivity contribution is 0.162. The van der Waals surface area contributed by atoms with Gasteiger partial charge in [-0.2, -0.15) is 0 Å². The monoisotopic (exact) mass is 279 g/mol. The van der Waals surface area contributed by atoms with Crippen LogP contribution in [0.4, 0.5) is 8.78 Å². The van der Waals surface area contributed by atoms with Crippen LogP contribution in [-0.2, 0) is 0 Å². The summed E-state index contributed by atoms with van der Waals surface area (Å²) in [4.78, 5) is 0. The first-order valence-electron chi connectivity index (χ1n) is 7.16. The zero-order valence-electron chi connectivity index (χ0n) is 11.2. The van der Waals surface area contributed by atoms with E-state index >= 15 is 0 Å². The van der Waals surface area contributed by atoms with Crippen LogP contribution in [0.3, 0.4) is 0 Å². The maximum absolute atomic E-state index is 13.5. The average Bonchev–Trinajstić information content (AvgIpc) is 3.01. The van der Waals surface area contributed by atoms with Gasteiger partial charge in [0.1, 0.15) is 11.6 Å². The predicted octanol–water partition coefficient (Wildman–Crippen LogP) is 2.80. The van der Waals surface area contributed by atoms with Gasteiger partial charge in [0.25, 0.3) is 0 Å². The number of aliphatic hydroxyl groups is 1. The molecule has 4 heteroatoms. The van der Waals surface area contributed by atoms with Crippen molar-refractivity contribution in [2.24, 2.45) is 17.8 Å². The van der Waals surface area contributed by atoms with Gasteiger partial charge in [0.05, 0.1) is 11.7 Å². The lowest BCUT2D eigenvalue weighted by atomic mass is 9.93. The Balaban J connectivity index is 1.52. The minimum absolute atomic E-state index is 0.176. The minimum atomic E-state index is -1.15. The lowest BCUT2D eigenvalue weighted by Crippen LogP contribution is -2.29. The van der Waals surface area contributed by atoms with Crippen molar-refractivity contribution < 1.29 is 13.9 Å². The molecule has 2 N–H and O–H groups in total. The molecule has 1 aromatic carbocycles. The molecule has 4 unspecified atom stereocenters.